The first-order chi connectivity index (χ1) is 14.9. The lowest BCUT2D eigenvalue weighted by Gasteiger charge is -2.19. The highest BCUT2D eigenvalue weighted by molar-refractivity contribution is 7.17. The molecule has 4 rings (SSSR count). The van der Waals surface area contributed by atoms with Crippen LogP contribution in [0.15, 0.2) is 42.5 Å². The molecule has 0 unspecified atom stereocenters. The maximum absolute atomic E-state index is 13.4. The van der Waals surface area contributed by atoms with Gasteiger partial charge in [0.25, 0.3) is 5.91 Å². The largest absolute Gasteiger partial charge is 0.550 e. The van der Waals surface area contributed by atoms with Crippen molar-refractivity contribution in [1.29, 1.82) is 0 Å². The average molecular weight is 436 g/mol. The van der Waals surface area contributed by atoms with Crippen LogP contribution in [0.1, 0.15) is 47.0 Å². The first kappa shape index (κ1) is 21.1. The Hall–Kier alpha value is -3.19. The highest BCUT2D eigenvalue weighted by Gasteiger charge is 2.28. The second kappa shape index (κ2) is 8.89. The van der Waals surface area contributed by atoms with E-state index in [1.54, 1.807) is 0 Å². The second-order valence-corrected chi connectivity index (χ2v) is 9.06. The standard InChI is InChI=1S/C24H24N2O4S/c1-14-9-10-17-19(13-14)31-24(26-20(27)11-12-21(28)29)22(17)23(30)25-18-8-4-6-15-5-2-3-7-16(15)18/h2-8,14H,9-13H2,1H3,(H,25,30)(H,26,27)(H,28,29)/p-1/t14-/m0/s1. The minimum Gasteiger partial charge on any atom is -0.550 e. The predicted molar refractivity (Wildman–Crippen MR) is 120 cm³/mol. The van der Waals surface area contributed by atoms with Crippen LogP contribution in [-0.4, -0.2) is 17.8 Å². The van der Waals surface area contributed by atoms with Crippen LogP contribution in [0, 0.1) is 5.92 Å². The van der Waals surface area contributed by atoms with Crippen molar-refractivity contribution in [1.82, 2.24) is 0 Å². The third-order valence-corrected chi connectivity index (χ3v) is 6.76. The van der Waals surface area contributed by atoms with E-state index in [1.165, 1.54) is 11.3 Å². The van der Waals surface area contributed by atoms with Crippen LogP contribution in [0.25, 0.3) is 10.8 Å². The maximum atomic E-state index is 13.4. The van der Waals surface area contributed by atoms with Gasteiger partial charge < -0.3 is 20.5 Å². The Labute approximate surface area is 184 Å². The molecule has 1 aromatic heterocycles. The number of carboxylic acids is 1. The Morgan fingerprint density at radius 1 is 1.06 bits per heavy atom. The number of hydrogen-bond donors (Lipinski definition) is 2. The van der Waals surface area contributed by atoms with Gasteiger partial charge in [0.05, 0.1) is 5.56 Å². The van der Waals surface area contributed by atoms with Gasteiger partial charge in [0.2, 0.25) is 5.91 Å². The molecule has 7 heteroatoms. The van der Waals surface area contributed by atoms with Crippen LogP contribution in [0.5, 0.6) is 0 Å². The summed E-state index contributed by atoms with van der Waals surface area (Å²) in [5, 5.41) is 18.9. The van der Waals surface area contributed by atoms with Crippen LogP contribution in [0.2, 0.25) is 0 Å². The average Bonchev–Trinajstić information content (AvgIpc) is 3.09. The van der Waals surface area contributed by atoms with E-state index in [1.807, 2.05) is 42.5 Å². The molecule has 31 heavy (non-hydrogen) atoms. The summed E-state index contributed by atoms with van der Waals surface area (Å²) in [7, 11) is 0. The zero-order chi connectivity index (χ0) is 22.0. The Balaban J connectivity index is 1.66. The van der Waals surface area contributed by atoms with Gasteiger partial charge in [-0.2, -0.15) is 0 Å². The SMILES string of the molecule is C[C@H]1CCc2c(sc(NC(=O)CCC(=O)[O-])c2C(=O)Nc2cccc3ccccc23)C1. The molecule has 6 nitrogen and oxygen atoms in total. The summed E-state index contributed by atoms with van der Waals surface area (Å²) >= 11 is 1.41. The highest BCUT2D eigenvalue weighted by atomic mass is 32.1. The van der Waals surface area contributed by atoms with Crippen molar-refractivity contribution in [3.63, 3.8) is 0 Å². The van der Waals surface area contributed by atoms with Crippen molar-refractivity contribution in [3.8, 4) is 0 Å². The van der Waals surface area contributed by atoms with Gasteiger partial charge in [-0.1, -0.05) is 43.3 Å². The fourth-order valence-corrected chi connectivity index (χ4v) is 5.43. The van der Waals surface area contributed by atoms with Crippen molar-refractivity contribution in [2.75, 3.05) is 10.6 Å². The number of carbonyl (C=O) groups excluding carboxylic acids is 3. The maximum Gasteiger partial charge on any atom is 0.258 e. The fraction of sp³-hybridized carbons (Fsp3) is 0.292. The van der Waals surface area contributed by atoms with Gasteiger partial charge in [0.15, 0.2) is 0 Å². The van der Waals surface area contributed by atoms with Crippen LogP contribution in [0.3, 0.4) is 0 Å². The normalized spacial score (nSPS) is 15.3. The minimum atomic E-state index is -1.27. The van der Waals surface area contributed by atoms with E-state index in [4.69, 9.17) is 0 Å². The molecule has 0 fully saturated rings. The molecule has 160 valence electrons. The summed E-state index contributed by atoms with van der Waals surface area (Å²) in [5.41, 5.74) is 2.18. The molecular formula is C24H23N2O4S-. The first-order valence-corrected chi connectivity index (χ1v) is 11.2. The number of hydrogen-bond acceptors (Lipinski definition) is 5. The van der Waals surface area contributed by atoms with Crippen molar-refractivity contribution in [3.05, 3.63) is 58.5 Å². The molecule has 2 N–H and O–H groups in total. The smallest absolute Gasteiger partial charge is 0.258 e. The van der Waals surface area contributed by atoms with Crippen molar-refractivity contribution < 1.29 is 19.5 Å². The van der Waals surface area contributed by atoms with Crippen LogP contribution < -0.4 is 15.7 Å². The number of carbonyl (C=O) groups is 3. The Morgan fingerprint density at radius 2 is 1.84 bits per heavy atom. The summed E-state index contributed by atoms with van der Waals surface area (Å²) in [4.78, 5) is 37.4. The number of fused-ring (bicyclic) bond motifs is 2. The third kappa shape index (κ3) is 4.61. The summed E-state index contributed by atoms with van der Waals surface area (Å²) in [6.07, 6.45) is 2.08. The fourth-order valence-electron chi connectivity index (χ4n) is 4.00. The molecule has 1 heterocycles. The van der Waals surface area contributed by atoms with Gasteiger partial charge in [-0.3, -0.25) is 9.59 Å². The molecule has 1 atom stereocenters. The van der Waals surface area contributed by atoms with Crippen molar-refractivity contribution in [2.24, 2.45) is 5.92 Å². The number of amides is 2. The lowest BCUT2D eigenvalue weighted by atomic mass is 9.88. The molecule has 0 saturated carbocycles. The van der Waals surface area contributed by atoms with E-state index in [0.717, 1.165) is 40.5 Å². The number of rotatable bonds is 6. The van der Waals surface area contributed by atoms with E-state index in [-0.39, 0.29) is 18.7 Å². The molecule has 0 radical (unpaired) electrons. The zero-order valence-electron chi connectivity index (χ0n) is 17.2. The quantitative estimate of drug-likeness (QED) is 0.616. The van der Waals surface area contributed by atoms with E-state index >= 15 is 0 Å². The van der Waals surface area contributed by atoms with Crippen molar-refractivity contribution in [2.45, 2.75) is 39.0 Å². The predicted octanol–water partition coefficient (Wildman–Crippen LogP) is 3.75. The van der Waals surface area contributed by atoms with Gasteiger partial charge in [0.1, 0.15) is 5.00 Å². The second-order valence-electron chi connectivity index (χ2n) is 7.96. The Morgan fingerprint density at radius 3 is 2.65 bits per heavy atom. The molecule has 1 aliphatic carbocycles. The number of benzene rings is 2. The lowest BCUT2D eigenvalue weighted by Crippen LogP contribution is -2.24. The minimum absolute atomic E-state index is 0.189. The molecular weight excluding hydrogens is 412 g/mol. The number of thiophene rings is 1. The lowest BCUT2D eigenvalue weighted by molar-refractivity contribution is -0.305. The summed E-state index contributed by atoms with van der Waals surface area (Å²) in [6.45, 7) is 2.18. The third-order valence-electron chi connectivity index (χ3n) is 5.59. The topological polar surface area (TPSA) is 98.3 Å². The molecule has 0 saturated heterocycles. The zero-order valence-corrected chi connectivity index (χ0v) is 18.0. The number of carboxylic acid groups (broad SMARTS) is 1. The van der Waals surface area contributed by atoms with Gasteiger partial charge >= 0.3 is 0 Å². The van der Waals surface area contributed by atoms with Crippen LogP contribution in [0.4, 0.5) is 10.7 Å². The van der Waals surface area contributed by atoms with E-state index in [9.17, 15) is 19.5 Å². The summed E-state index contributed by atoms with van der Waals surface area (Å²) in [5.74, 6) is -1.46. The summed E-state index contributed by atoms with van der Waals surface area (Å²) in [6, 6.07) is 13.6. The molecule has 0 spiro atoms. The number of aliphatic carboxylic acids is 1. The molecule has 0 aliphatic heterocycles. The first-order valence-electron chi connectivity index (χ1n) is 10.4. The van der Waals surface area contributed by atoms with Gasteiger partial charge in [-0.25, -0.2) is 0 Å². The van der Waals surface area contributed by atoms with Gasteiger partial charge in [-0.05, 0) is 48.6 Å². The van der Waals surface area contributed by atoms with E-state index < -0.39 is 11.9 Å². The van der Waals surface area contributed by atoms with Gasteiger partial charge in [0, 0.05) is 28.3 Å². The summed E-state index contributed by atoms with van der Waals surface area (Å²) < 4.78 is 0. The molecule has 3 aromatic rings. The monoisotopic (exact) mass is 435 g/mol. The van der Waals surface area contributed by atoms with E-state index in [2.05, 4.69) is 17.6 Å². The molecule has 2 aromatic carbocycles. The van der Waals surface area contributed by atoms with Crippen LogP contribution >= 0.6 is 11.3 Å². The highest BCUT2D eigenvalue weighted by Crippen LogP contribution is 2.40. The molecule has 2 amide bonds. The van der Waals surface area contributed by atoms with Gasteiger partial charge in [-0.15, -0.1) is 11.3 Å². The Bertz CT molecular complexity index is 1160. The number of anilines is 2. The Kier molecular flexibility index (Phi) is 6.04. The number of nitrogens with one attached hydrogen (secondary N) is 2. The molecule has 1 aliphatic rings. The molecule has 0 bridgehead atoms. The van der Waals surface area contributed by atoms with Crippen LogP contribution in [-0.2, 0) is 22.4 Å². The van der Waals surface area contributed by atoms with Crippen molar-refractivity contribution >= 4 is 50.6 Å². The van der Waals surface area contributed by atoms with E-state index in [0.29, 0.717) is 22.2 Å².